The maximum absolute atomic E-state index is 13.8. The lowest BCUT2D eigenvalue weighted by Crippen LogP contribution is -2.56. The highest BCUT2D eigenvalue weighted by molar-refractivity contribution is 6.00. The number of likely N-dealkylation sites (tertiary alicyclic amines) is 1. The molecule has 1 aliphatic heterocycles. The van der Waals surface area contributed by atoms with E-state index in [0.29, 0.717) is 48.5 Å². The molecule has 1 aromatic carbocycles. The number of hydrogen-bond donors (Lipinski definition) is 2. The largest absolute Gasteiger partial charge is 0.352 e. The zero-order valence-electron chi connectivity index (χ0n) is 18.4. The van der Waals surface area contributed by atoms with Gasteiger partial charge in [-0.05, 0) is 94.2 Å². The standard InChI is InChI=1S/C25H33N3O3/c1-2-26-22(29)19-5-3-6-20(12-19)27-23(30)21-7-4-8-28(21)24(31)25-13-16-9-17(14-25)11-18(10-16)15-25/h3,5-6,12,16-18,21H,2,4,7-11,13-15H2,1H3,(H,26,29)(H,27,30). The van der Waals surface area contributed by atoms with E-state index in [1.165, 1.54) is 19.3 Å². The van der Waals surface area contributed by atoms with Gasteiger partial charge in [0, 0.05) is 24.3 Å². The van der Waals surface area contributed by atoms with Crippen molar-refractivity contribution in [1.82, 2.24) is 10.2 Å². The second kappa shape index (κ2) is 7.95. The van der Waals surface area contributed by atoms with E-state index < -0.39 is 6.04 Å². The molecule has 31 heavy (non-hydrogen) atoms. The molecule has 0 radical (unpaired) electrons. The first kappa shape index (κ1) is 20.5. The van der Waals surface area contributed by atoms with E-state index in [-0.39, 0.29) is 23.1 Å². The van der Waals surface area contributed by atoms with Gasteiger partial charge in [-0.3, -0.25) is 14.4 Å². The molecule has 1 unspecified atom stereocenters. The molecular formula is C25H33N3O3. The number of rotatable bonds is 5. The molecule has 4 aliphatic carbocycles. The van der Waals surface area contributed by atoms with E-state index in [1.54, 1.807) is 24.3 Å². The fourth-order valence-corrected chi connectivity index (χ4v) is 7.19. The van der Waals surface area contributed by atoms with Crippen LogP contribution in [0, 0.1) is 23.2 Å². The van der Waals surface area contributed by atoms with Crippen LogP contribution in [0.3, 0.4) is 0 Å². The van der Waals surface area contributed by atoms with Crippen molar-refractivity contribution < 1.29 is 14.4 Å². The second-order valence-corrected chi connectivity index (χ2v) is 10.3. The molecule has 2 N–H and O–H groups in total. The van der Waals surface area contributed by atoms with Gasteiger partial charge in [0.1, 0.15) is 6.04 Å². The molecular weight excluding hydrogens is 390 g/mol. The van der Waals surface area contributed by atoms with Gasteiger partial charge in [-0.15, -0.1) is 0 Å². The van der Waals surface area contributed by atoms with Crippen LogP contribution in [-0.4, -0.2) is 41.8 Å². The number of amides is 3. The van der Waals surface area contributed by atoms with Gasteiger partial charge >= 0.3 is 0 Å². The molecule has 1 atom stereocenters. The van der Waals surface area contributed by atoms with Crippen molar-refractivity contribution >= 4 is 23.4 Å². The Bertz CT molecular complexity index is 860. The Labute approximate surface area is 184 Å². The highest BCUT2D eigenvalue weighted by Gasteiger charge is 2.56. The fourth-order valence-electron chi connectivity index (χ4n) is 7.19. The minimum atomic E-state index is -0.409. The zero-order chi connectivity index (χ0) is 21.6. The third-order valence-electron chi connectivity index (χ3n) is 8.04. The van der Waals surface area contributed by atoms with Crippen LogP contribution in [0.15, 0.2) is 24.3 Å². The van der Waals surface area contributed by atoms with Crippen LogP contribution in [0.4, 0.5) is 5.69 Å². The summed E-state index contributed by atoms with van der Waals surface area (Å²) in [6.07, 6.45) is 8.57. The van der Waals surface area contributed by atoms with Gasteiger partial charge in [0.2, 0.25) is 11.8 Å². The Hall–Kier alpha value is -2.37. The first-order valence-electron chi connectivity index (χ1n) is 12.0. The molecule has 5 aliphatic rings. The smallest absolute Gasteiger partial charge is 0.251 e. The maximum atomic E-state index is 13.8. The van der Waals surface area contributed by atoms with Crippen LogP contribution in [0.2, 0.25) is 0 Å². The molecule has 0 spiro atoms. The van der Waals surface area contributed by atoms with Crippen LogP contribution >= 0.6 is 0 Å². The Morgan fingerprint density at radius 2 is 1.74 bits per heavy atom. The van der Waals surface area contributed by atoms with Crippen molar-refractivity contribution in [3.8, 4) is 0 Å². The monoisotopic (exact) mass is 423 g/mol. The second-order valence-electron chi connectivity index (χ2n) is 10.3. The minimum absolute atomic E-state index is 0.136. The highest BCUT2D eigenvalue weighted by atomic mass is 16.2. The summed E-state index contributed by atoms with van der Waals surface area (Å²) in [6.45, 7) is 3.11. The minimum Gasteiger partial charge on any atom is -0.352 e. The maximum Gasteiger partial charge on any atom is 0.251 e. The molecule has 4 saturated carbocycles. The van der Waals surface area contributed by atoms with Crippen LogP contribution in [-0.2, 0) is 9.59 Å². The molecule has 0 aromatic heterocycles. The lowest BCUT2D eigenvalue weighted by atomic mass is 9.49. The van der Waals surface area contributed by atoms with Gasteiger partial charge < -0.3 is 15.5 Å². The Balaban J connectivity index is 1.29. The van der Waals surface area contributed by atoms with E-state index in [9.17, 15) is 14.4 Å². The van der Waals surface area contributed by atoms with E-state index in [4.69, 9.17) is 0 Å². The lowest BCUT2D eigenvalue weighted by molar-refractivity contribution is -0.160. The fraction of sp³-hybridized carbons (Fsp3) is 0.640. The summed E-state index contributed by atoms with van der Waals surface area (Å²) in [5, 5.41) is 5.75. The highest BCUT2D eigenvalue weighted by Crippen LogP contribution is 2.60. The van der Waals surface area contributed by atoms with Gasteiger partial charge in [0.15, 0.2) is 0 Å². The van der Waals surface area contributed by atoms with Crippen molar-refractivity contribution in [2.24, 2.45) is 23.2 Å². The number of benzene rings is 1. The summed E-state index contributed by atoms with van der Waals surface area (Å²) in [7, 11) is 0. The molecule has 1 saturated heterocycles. The molecule has 1 aromatic rings. The molecule has 3 amide bonds. The predicted octanol–water partition coefficient (Wildman–Crippen LogP) is 3.58. The normalized spacial score (nSPS) is 33.4. The quantitative estimate of drug-likeness (QED) is 0.760. The Morgan fingerprint density at radius 3 is 2.39 bits per heavy atom. The summed E-state index contributed by atoms with van der Waals surface area (Å²) in [5.41, 5.74) is 0.908. The molecule has 4 bridgehead atoms. The summed E-state index contributed by atoms with van der Waals surface area (Å²) < 4.78 is 0. The SMILES string of the molecule is CCNC(=O)c1cccc(NC(=O)C2CCCN2C(=O)C23CC4CC(CC(C4)C2)C3)c1. The lowest BCUT2D eigenvalue weighted by Gasteiger charge is -2.56. The van der Waals surface area contributed by atoms with Crippen LogP contribution in [0.25, 0.3) is 0 Å². The Kier molecular flexibility index (Phi) is 5.27. The van der Waals surface area contributed by atoms with Gasteiger partial charge in [-0.25, -0.2) is 0 Å². The van der Waals surface area contributed by atoms with Crippen molar-refractivity contribution in [3.63, 3.8) is 0 Å². The number of anilines is 1. The number of carbonyl (C=O) groups excluding carboxylic acids is 3. The van der Waals surface area contributed by atoms with Gasteiger partial charge in [-0.1, -0.05) is 6.07 Å². The topological polar surface area (TPSA) is 78.5 Å². The average Bonchev–Trinajstić information content (AvgIpc) is 3.22. The number of nitrogens with zero attached hydrogens (tertiary/aromatic N) is 1. The number of nitrogens with one attached hydrogen (secondary N) is 2. The van der Waals surface area contributed by atoms with E-state index in [1.807, 2.05) is 11.8 Å². The van der Waals surface area contributed by atoms with Crippen LogP contribution in [0.5, 0.6) is 0 Å². The van der Waals surface area contributed by atoms with Crippen molar-refractivity contribution in [2.75, 3.05) is 18.4 Å². The van der Waals surface area contributed by atoms with Crippen molar-refractivity contribution in [3.05, 3.63) is 29.8 Å². The van der Waals surface area contributed by atoms with E-state index in [0.717, 1.165) is 25.7 Å². The van der Waals surface area contributed by atoms with Crippen LogP contribution < -0.4 is 10.6 Å². The Morgan fingerprint density at radius 1 is 1.06 bits per heavy atom. The van der Waals surface area contributed by atoms with E-state index in [2.05, 4.69) is 10.6 Å². The number of hydrogen-bond acceptors (Lipinski definition) is 3. The molecule has 166 valence electrons. The third-order valence-corrected chi connectivity index (χ3v) is 8.04. The van der Waals surface area contributed by atoms with Gasteiger partial charge in [0.25, 0.3) is 5.91 Å². The molecule has 5 fully saturated rings. The molecule has 6 nitrogen and oxygen atoms in total. The summed E-state index contributed by atoms with van der Waals surface area (Å²) >= 11 is 0. The average molecular weight is 424 g/mol. The summed E-state index contributed by atoms with van der Waals surface area (Å²) in [6, 6.07) is 6.59. The molecule has 6 heteroatoms. The van der Waals surface area contributed by atoms with E-state index >= 15 is 0 Å². The molecule has 1 heterocycles. The van der Waals surface area contributed by atoms with Crippen LogP contribution in [0.1, 0.15) is 68.6 Å². The molecule has 6 rings (SSSR count). The van der Waals surface area contributed by atoms with Crippen molar-refractivity contribution in [2.45, 2.75) is 64.3 Å². The van der Waals surface area contributed by atoms with Gasteiger partial charge in [0.05, 0.1) is 5.41 Å². The third kappa shape index (κ3) is 3.74. The first-order chi connectivity index (χ1) is 15.0. The summed E-state index contributed by atoms with van der Waals surface area (Å²) in [4.78, 5) is 40.9. The zero-order valence-corrected chi connectivity index (χ0v) is 18.4. The first-order valence-corrected chi connectivity index (χ1v) is 12.0. The number of carbonyl (C=O) groups is 3. The predicted molar refractivity (Wildman–Crippen MR) is 118 cm³/mol. The summed E-state index contributed by atoms with van der Waals surface area (Å²) in [5.74, 6) is 2.08. The van der Waals surface area contributed by atoms with Crippen molar-refractivity contribution in [1.29, 1.82) is 0 Å². The van der Waals surface area contributed by atoms with Gasteiger partial charge in [-0.2, -0.15) is 0 Å².